The summed E-state index contributed by atoms with van der Waals surface area (Å²) in [7, 11) is 0. The van der Waals surface area contributed by atoms with Gasteiger partial charge in [0.1, 0.15) is 11.4 Å². The normalized spacial score (nSPS) is 16.0. The van der Waals surface area contributed by atoms with E-state index in [0.717, 1.165) is 18.4 Å². The third kappa shape index (κ3) is 4.32. The number of aromatic amines is 1. The van der Waals surface area contributed by atoms with Gasteiger partial charge in [-0.1, -0.05) is 47.6 Å². The van der Waals surface area contributed by atoms with Crippen LogP contribution in [-0.2, 0) is 0 Å². The molecule has 5 rings (SSSR count). The predicted octanol–water partition coefficient (Wildman–Crippen LogP) is 4.25. The Morgan fingerprint density at radius 2 is 1.88 bits per heavy atom. The third-order valence-corrected chi connectivity index (χ3v) is 5.81. The van der Waals surface area contributed by atoms with Crippen molar-refractivity contribution in [2.45, 2.75) is 18.8 Å². The Hall–Kier alpha value is -4.07. The van der Waals surface area contributed by atoms with Crippen molar-refractivity contribution in [1.29, 1.82) is 0 Å². The summed E-state index contributed by atoms with van der Waals surface area (Å²) in [5.41, 5.74) is 1.73. The fraction of sp³-hybridized carbons (Fsp3) is 0.200. The Labute approximate surface area is 188 Å². The summed E-state index contributed by atoms with van der Waals surface area (Å²) >= 11 is 0. The molecule has 0 radical (unpaired) electrons. The third-order valence-electron chi connectivity index (χ3n) is 5.81. The highest BCUT2D eigenvalue weighted by Gasteiger charge is 2.30. The van der Waals surface area contributed by atoms with Gasteiger partial charge in [0.15, 0.2) is 0 Å². The molecule has 0 unspecified atom stereocenters. The number of likely N-dealkylation sites (tertiary alicyclic amines) is 1. The van der Waals surface area contributed by atoms with Gasteiger partial charge in [-0.15, -0.1) is 0 Å². The van der Waals surface area contributed by atoms with E-state index in [4.69, 9.17) is 4.52 Å². The number of pyridine rings is 1. The van der Waals surface area contributed by atoms with E-state index in [2.05, 4.69) is 15.1 Å². The minimum absolute atomic E-state index is 0.0984. The first-order valence-corrected chi connectivity index (χ1v) is 10.8. The summed E-state index contributed by atoms with van der Waals surface area (Å²) in [4.78, 5) is 34.6. The molecule has 1 aliphatic heterocycles. The smallest absolute Gasteiger partial charge is 0.261 e. The Morgan fingerprint density at radius 1 is 1.06 bits per heavy atom. The zero-order valence-corrected chi connectivity index (χ0v) is 17.7. The van der Waals surface area contributed by atoms with E-state index in [9.17, 15) is 14.0 Å². The van der Waals surface area contributed by atoms with E-state index in [1.807, 2.05) is 30.3 Å². The molecule has 4 aromatic rings. The van der Waals surface area contributed by atoms with Crippen LogP contribution >= 0.6 is 0 Å². The summed E-state index contributed by atoms with van der Waals surface area (Å²) < 4.78 is 18.9. The minimum Gasteiger partial charge on any atom is -0.339 e. The molecule has 1 fully saturated rings. The lowest BCUT2D eigenvalue weighted by molar-refractivity contribution is 0.0694. The van der Waals surface area contributed by atoms with Gasteiger partial charge >= 0.3 is 0 Å². The number of benzene rings is 2. The molecule has 0 aliphatic carbocycles. The first-order valence-electron chi connectivity index (χ1n) is 10.8. The number of rotatable bonds is 4. The number of hydrogen-bond donors (Lipinski definition) is 1. The first-order chi connectivity index (χ1) is 16.1. The summed E-state index contributed by atoms with van der Waals surface area (Å²) in [6.07, 6.45) is 1.52. The number of nitrogens with zero attached hydrogens (tertiary/aromatic N) is 3. The molecule has 7 nitrogen and oxygen atoms in total. The van der Waals surface area contributed by atoms with Gasteiger partial charge in [-0.05, 0) is 42.7 Å². The highest BCUT2D eigenvalue weighted by molar-refractivity contribution is 5.94. The van der Waals surface area contributed by atoms with Crippen LogP contribution in [0, 0.1) is 5.82 Å². The van der Waals surface area contributed by atoms with Gasteiger partial charge in [-0.3, -0.25) is 9.59 Å². The summed E-state index contributed by atoms with van der Waals surface area (Å²) in [5.74, 6) is -0.150. The second-order valence-corrected chi connectivity index (χ2v) is 8.04. The molecular formula is C25H21FN4O3. The molecule has 2 aromatic heterocycles. The number of nitrogens with one attached hydrogen (secondary N) is 1. The van der Waals surface area contributed by atoms with Crippen LogP contribution < -0.4 is 5.56 Å². The van der Waals surface area contributed by atoms with Crippen molar-refractivity contribution in [2.75, 3.05) is 13.1 Å². The topological polar surface area (TPSA) is 92.1 Å². The molecule has 1 N–H and O–H groups in total. The van der Waals surface area contributed by atoms with Crippen molar-refractivity contribution in [3.8, 4) is 22.6 Å². The van der Waals surface area contributed by atoms with Crippen LogP contribution in [0.2, 0.25) is 0 Å². The molecule has 1 amide bonds. The van der Waals surface area contributed by atoms with E-state index in [0.29, 0.717) is 36.1 Å². The molecule has 33 heavy (non-hydrogen) atoms. The van der Waals surface area contributed by atoms with Crippen LogP contribution in [0.4, 0.5) is 4.39 Å². The number of hydrogen-bond acceptors (Lipinski definition) is 5. The molecule has 0 saturated carbocycles. The monoisotopic (exact) mass is 444 g/mol. The summed E-state index contributed by atoms with van der Waals surface area (Å²) in [5, 5.41) is 3.97. The molecule has 2 aromatic carbocycles. The van der Waals surface area contributed by atoms with Crippen LogP contribution in [0.15, 0.2) is 76.0 Å². The maximum absolute atomic E-state index is 13.5. The molecule has 1 saturated heterocycles. The van der Waals surface area contributed by atoms with Gasteiger partial charge in [0, 0.05) is 24.3 Å². The van der Waals surface area contributed by atoms with Crippen molar-refractivity contribution in [3.05, 3.63) is 94.4 Å². The van der Waals surface area contributed by atoms with Crippen molar-refractivity contribution in [3.63, 3.8) is 0 Å². The van der Waals surface area contributed by atoms with Gasteiger partial charge < -0.3 is 14.4 Å². The van der Waals surface area contributed by atoms with Crippen LogP contribution in [0.3, 0.4) is 0 Å². The quantitative estimate of drug-likeness (QED) is 0.508. The number of carbonyl (C=O) groups excluding carboxylic acids is 1. The Kier molecular flexibility index (Phi) is 5.56. The number of halogens is 1. The molecular weight excluding hydrogens is 423 g/mol. The number of aromatic nitrogens is 3. The Balaban J connectivity index is 1.33. The lowest BCUT2D eigenvalue weighted by Gasteiger charge is -2.30. The molecule has 166 valence electrons. The van der Waals surface area contributed by atoms with Crippen molar-refractivity contribution >= 4 is 5.91 Å². The van der Waals surface area contributed by atoms with Crippen LogP contribution in [0.1, 0.15) is 35.0 Å². The summed E-state index contributed by atoms with van der Waals surface area (Å²) in [6.45, 7) is 0.906. The lowest BCUT2D eigenvalue weighted by atomic mass is 9.97. The Bertz CT molecular complexity index is 1350. The van der Waals surface area contributed by atoms with Crippen molar-refractivity contribution in [1.82, 2.24) is 20.0 Å². The van der Waals surface area contributed by atoms with Crippen LogP contribution in [0.25, 0.3) is 22.6 Å². The van der Waals surface area contributed by atoms with E-state index >= 15 is 0 Å². The first kappa shape index (κ1) is 20.8. The van der Waals surface area contributed by atoms with Crippen LogP contribution in [-0.4, -0.2) is 39.0 Å². The number of carbonyl (C=O) groups is 1. The maximum Gasteiger partial charge on any atom is 0.261 e. The summed E-state index contributed by atoms with van der Waals surface area (Å²) in [6, 6.07) is 18.8. The fourth-order valence-electron chi connectivity index (χ4n) is 4.11. The van der Waals surface area contributed by atoms with Crippen molar-refractivity contribution < 1.29 is 13.7 Å². The lowest BCUT2D eigenvalue weighted by Crippen LogP contribution is -2.41. The largest absolute Gasteiger partial charge is 0.339 e. The van der Waals surface area contributed by atoms with Gasteiger partial charge in [-0.25, -0.2) is 4.39 Å². The minimum atomic E-state index is -0.422. The van der Waals surface area contributed by atoms with Crippen molar-refractivity contribution in [2.24, 2.45) is 0 Å². The second kappa shape index (κ2) is 8.82. The molecule has 0 spiro atoms. The van der Waals surface area contributed by atoms with Gasteiger partial charge in [0.05, 0.1) is 5.92 Å². The van der Waals surface area contributed by atoms with Gasteiger partial charge in [-0.2, -0.15) is 4.98 Å². The predicted molar refractivity (Wildman–Crippen MR) is 120 cm³/mol. The number of H-pyrrole nitrogens is 1. The highest BCUT2D eigenvalue weighted by atomic mass is 19.1. The number of piperidine rings is 1. The van der Waals surface area contributed by atoms with E-state index in [1.165, 1.54) is 12.1 Å². The zero-order chi connectivity index (χ0) is 22.8. The fourth-order valence-corrected chi connectivity index (χ4v) is 4.11. The maximum atomic E-state index is 13.5. The molecule has 8 heteroatoms. The Morgan fingerprint density at radius 3 is 2.67 bits per heavy atom. The van der Waals surface area contributed by atoms with E-state index < -0.39 is 5.56 Å². The second-order valence-electron chi connectivity index (χ2n) is 8.04. The van der Waals surface area contributed by atoms with Gasteiger partial charge in [0.25, 0.3) is 11.5 Å². The number of amides is 1. The molecule has 1 atom stereocenters. The van der Waals surface area contributed by atoms with Gasteiger partial charge in [0.2, 0.25) is 11.7 Å². The molecule has 0 bridgehead atoms. The SMILES string of the molecule is O=C(c1ccc(-c2ccccc2)[nH]c1=O)N1CCC[C@H](c2nc(-c3cccc(F)c3)no2)C1. The molecule has 3 heterocycles. The van der Waals surface area contributed by atoms with Crippen LogP contribution in [0.5, 0.6) is 0 Å². The zero-order valence-electron chi connectivity index (χ0n) is 17.7. The van der Waals surface area contributed by atoms with E-state index in [1.54, 1.807) is 29.2 Å². The highest BCUT2D eigenvalue weighted by Crippen LogP contribution is 2.28. The average Bonchev–Trinajstić information content (AvgIpc) is 3.35. The average molecular weight is 444 g/mol. The molecule has 1 aliphatic rings. The standard InChI is InChI=1S/C25H21FN4O3/c26-19-10-4-8-17(14-19)22-28-24(33-29-22)18-9-5-13-30(15-18)25(32)20-11-12-21(27-23(20)31)16-6-2-1-3-7-16/h1-4,6-8,10-12,14,18H,5,9,13,15H2,(H,27,31)/t18-/m0/s1. The van der Waals surface area contributed by atoms with E-state index in [-0.39, 0.29) is 23.2 Å².